The fourth-order valence-electron chi connectivity index (χ4n) is 1.68. The topological polar surface area (TPSA) is 30.5 Å². The van der Waals surface area contributed by atoms with Crippen LogP contribution in [0.15, 0.2) is 12.1 Å². The number of hydrogen-bond acceptors (Lipinski definition) is 3. The van der Waals surface area contributed by atoms with Crippen molar-refractivity contribution < 1.29 is 18.3 Å². The highest BCUT2D eigenvalue weighted by Crippen LogP contribution is 2.24. The fourth-order valence-corrected chi connectivity index (χ4v) is 1.68. The first-order valence-corrected chi connectivity index (χ1v) is 7.14. The van der Waals surface area contributed by atoms with Crippen LogP contribution >= 0.6 is 0 Å². The summed E-state index contributed by atoms with van der Waals surface area (Å²) in [5.41, 5.74) is 0.178. The first-order valence-electron chi connectivity index (χ1n) is 7.14. The molecule has 1 aromatic rings. The smallest absolute Gasteiger partial charge is 0.190 e. The van der Waals surface area contributed by atoms with Gasteiger partial charge in [0.2, 0.25) is 0 Å². The van der Waals surface area contributed by atoms with Crippen molar-refractivity contribution in [3.05, 3.63) is 29.3 Å². The maximum absolute atomic E-state index is 13.9. The van der Waals surface area contributed by atoms with E-state index in [1.54, 1.807) is 7.11 Å². The number of benzene rings is 1. The zero-order chi connectivity index (χ0) is 16.0. The van der Waals surface area contributed by atoms with Gasteiger partial charge in [0.25, 0.3) is 0 Å². The number of halogens is 2. The van der Waals surface area contributed by atoms with E-state index >= 15 is 0 Å². The molecular formula is C16H25F2NO2. The van der Waals surface area contributed by atoms with Gasteiger partial charge in [-0.25, -0.2) is 8.78 Å². The van der Waals surface area contributed by atoms with E-state index in [1.807, 2.05) is 27.7 Å². The minimum Gasteiger partial charge on any atom is -0.487 e. The molecule has 0 unspecified atom stereocenters. The Kier molecular flexibility index (Phi) is 6.55. The molecule has 0 fully saturated rings. The average molecular weight is 301 g/mol. The summed E-state index contributed by atoms with van der Waals surface area (Å²) in [6, 6.07) is 2.85. The van der Waals surface area contributed by atoms with Crippen LogP contribution in [0.3, 0.4) is 0 Å². The van der Waals surface area contributed by atoms with Crippen molar-refractivity contribution in [1.82, 2.24) is 5.32 Å². The molecule has 1 N–H and O–H groups in total. The second-order valence-electron chi connectivity index (χ2n) is 5.99. The Morgan fingerprint density at radius 1 is 1.19 bits per heavy atom. The van der Waals surface area contributed by atoms with Crippen molar-refractivity contribution in [2.45, 2.75) is 52.3 Å². The van der Waals surface area contributed by atoms with Crippen LogP contribution in [-0.2, 0) is 11.3 Å². The Morgan fingerprint density at radius 3 is 2.24 bits per heavy atom. The van der Waals surface area contributed by atoms with Gasteiger partial charge in [0, 0.05) is 26.1 Å². The van der Waals surface area contributed by atoms with Crippen molar-refractivity contribution in [2.75, 3.05) is 13.7 Å². The van der Waals surface area contributed by atoms with Gasteiger partial charge in [-0.3, -0.25) is 0 Å². The van der Waals surface area contributed by atoms with Gasteiger partial charge >= 0.3 is 0 Å². The van der Waals surface area contributed by atoms with Crippen LogP contribution in [0.4, 0.5) is 8.78 Å². The molecule has 0 heterocycles. The van der Waals surface area contributed by atoms with Gasteiger partial charge in [0.15, 0.2) is 17.4 Å². The summed E-state index contributed by atoms with van der Waals surface area (Å²) in [5.74, 6) is -1.67. The molecular weight excluding hydrogens is 276 g/mol. The first kappa shape index (κ1) is 17.9. The molecule has 120 valence electrons. The lowest BCUT2D eigenvalue weighted by atomic mass is 10.1. The first-order chi connectivity index (χ1) is 9.75. The Balaban J connectivity index is 2.67. The minimum atomic E-state index is -0.675. The summed E-state index contributed by atoms with van der Waals surface area (Å²) in [4.78, 5) is 0. The van der Waals surface area contributed by atoms with Crippen molar-refractivity contribution in [3.8, 4) is 5.75 Å². The van der Waals surface area contributed by atoms with Crippen LogP contribution in [-0.4, -0.2) is 25.4 Å². The van der Waals surface area contributed by atoms with E-state index in [9.17, 15) is 8.78 Å². The molecule has 0 saturated carbocycles. The van der Waals surface area contributed by atoms with Crippen LogP contribution < -0.4 is 10.1 Å². The number of ether oxygens (including phenoxy) is 2. The molecule has 0 radical (unpaired) electrons. The Hall–Kier alpha value is -1.20. The van der Waals surface area contributed by atoms with E-state index in [0.29, 0.717) is 18.5 Å². The molecule has 21 heavy (non-hydrogen) atoms. The third-order valence-electron chi connectivity index (χ3n) is 3.28. The molecule has 1 rings (SSSR count). The standard InChI is InChI=1S/C16H25F2NO2/c1-11(2)19-10-12-8-13(17)15(14(18)9-12)21-7-6-16(3,4)20-5/h8-9,11,19H,6-7,10H2,1-5H3. The van der Waals surface area contributed by atoms with Gasteiger partial charge in [-0.1, -0.05) is 13.8 Å². The van der Waals surface area contributed by atoms with E-state index in [0.717, 1.165) is 0 Å². The van der Waals surface area contributed by atoms with E-state index < -0.39 is 11.6 Å². The Labute approximate surface area is 125 Å². The van der Waals surface area contributed by atoms with Gasteiger partial charge < -0.3 is 14.8 Å². The molecule has 0 aliphatic carbocycles. The maximum Gasteiger partial charge on any atom is 0.190 e. The second kappa shape index (κ2) is 7.71. The summed E-state index contributed by atoms with van der Waals surface area (Å²) in [6.07, 6.45) is 0.541. The Morgan fingerprint density at radius 2 is 1.76 bits per heavy atom. The van der Waals surface area contributed by atoms with Gasteiger partial charge in [-0.05, 0) is 31.5 Å². The van der Waals surface area contributed by atoms with Gasteiger partial charge in [-0.15, -0.1) is 0 Å². The summed E-state index contributed by atoms with van der Waals surface area (Å²) in [6.45, 7) is 8.35. The monoisotopic (exact) mass is 301 g/mol. The second-order valence-corrected chi connectivity index (χ2v) is 5.99. The molecule has 0 spiro atoms. The molecule has 0 aromatic heterocycles. The van der Waals surface area contributed by atoms with Crippen molar-refractivity contribution in [2.24, 2.45) is 0 Å². The lowest BCUT2D eigenvalue weighted by Crippen LogP contribution is -2.25. The van der Waals surface area contributed by atoms with Gasteiger partial charge in [0.1, 0.15) is 0 Å². The lowest BCUT2D eigenvalue weighted by molar-refractivity contribution is 0.00478. The average Bonchev–Trinajstić information content (AvgIpc) is 2.39. The summed E-state index contributed by atoms with van der Waals surface area (Å²) < 4.78 is 38.3. The Bertz CT molecular complexity index is 439. The quantitative estimate of drug-likeness (QED) is 0.795. The maximum atomic E-state index is 13.9. The number of nitrogens with one attached hydrogen (secondary N) is 1. The zero-order valence-corrected chi connectivity index (χ0v) is 13.4. The highest BCUT2D eigenvalue weighted by Gasteiger charge is 2.18. The summed E-state index contributed by atoms with van der Waals surface area (Å²) in [5, 5.41) is 3.12. The van der Waals surface area contributed by atoms with E-state index in [2.05, 4.69) is 5.32 Å². The normalized spacial score (nSPS) is 12.0. The van der Waals surface area contributed by atoms with E-state index in [4.69, 9.17) is 9.47 Å². The molecule has 1 aromatic carbocycles. The molecule has 0 aliphatic rings. The van der Waals surface area contributed by atoms with Crippen LogP contribution in [0.5, 0.6) is 5.75 Å². The van der Waals surface area contributed by atoms with Crippen LogP contribution in [0.25, 0.3) is 0 Å². The van der Waals surface area contributed by atoms with E-state index in [-0.39, 0.29) is 24.0 Å². The highest BCUT2D eigenvalue weighted by atomic mass is 19.1. The minimum absolute atomic E-state index is 0.193. The molecule has 0 atom stereocenters. The molecule has 0 aliphatic heterocycles. The fraction of sp³-hybridized carbons (Fsp3) is 0.625. The van der Waals surface area contributed by atoms with E-state index in [1.165, 1.54) is 12.1 Å². The lowest BCUT2D eigenvalue weighted by Gasteiger charge is -2.22. The summed E-state index contributed by atoms with van der Waals surface area (Å²) >= 11 is 0. The predicted octanol–water partition coefficient (Wildman–Crippen LogP) is 3.66. The third kappa shape index (κ3) is 5.98. The third-order valence-corrected chi connectivity index (χ3v) is 3.28. The van der Waals surface area contributed by atoms with Crippen molar-refractivity contribution in [3.63, 3.8) is 0 Å². The van der Waals surface area contributed by atoms with Crippen LogP contribution in [0.2, 0.25) is 0 Å². The number of hydrogen-bond donors (Lipinski definition) is 1. The number of rotatable bonds is 8. The largest absolute Gasteiger partial charge is 0.487 e. The van der Waals surface area contributed by atoms with Gasteiger partial charge in [0.05, 0.1) is 12.2 Å². The molecule has 5 heteroatoms. The highest BCUT2D eigenvalue weighted by molar-refractivity contribution is 5.31. The van der Waals surface area contributed by atoms with Crippen LogP contribution in [0.1, 0.15) is 39.7 Å². The summed E-state index contributed by atoms with van der Waals surface area (Å²) in [7, 11) is 1.59. The predicted molar refractivity (Wildman–Crippen MR) is 79.5 cm³/mol. The zero-order valence-electron chi connectivity index (χ0n) is 13.4. The molecule has 0 amide bonds. The number of methoxy groups -OCH3 is 1. The van der Waals surface area contributed by atoms with Crippen molar-refractivity contribution >= 4 is 0 Å². The van der Waals surface area contributed by atoms with Crippen molar-refractivity contribution in [1.29, 1.82) is 0 Å². The molecule has 0 bridgehead atoms. The molecule has 0 saturated heterocycles. The molecule has 3 nitrogen and oxygen atoms in total. The van der Waals surface area contributed by atoms with Crippen LogP contribution in [0, 0.1) is 11.6 Å². The van der Waals surface area contributed by atoms with Gasteiger partial charge in [-0.2, -0.15) is 0 Å². The SMILES string of the molecule is COC(C)(C)CCOc1c(F)cc(CNC(C)C)cc1F.